The molecule has 0 saturated carbocycles. The zero-order valence-electron chi connectivity index (χ0n) is 11.9. The summed E-state index contributed by atoms with van der Waals surface area (Å²) in [5.41, 5.74) is 15.5. The Labute approximate surface area is 115 Å². The van der Waals surface area contributed by atoms with E-state index in [1.165, 1.54) is 0 Å². The van der Waals surface area contributed by atoms with Crippen LogP contribution in [0.15, 0.2) is 48.6 Å². The highest BCUT2D eigenvalue weighted by Gasteiger charge is 2.02. The molecule has 0 aliphatic heterocycles. The molecule has 2 nitrogen and oxygen atoms in total. The molecule has 0 aromatic heterocycles. The van der Waals surface area contributed by atoms with Crippen molar-refractivity contribution in [1.82, 2.24) is 0 Å². The first-order valence-corrected chi connectivity index (χ1v) is 6.28. The molecule has 0 unspecified atom stereocenters. The van der Waals surface area contributed by atoms with E-state index in [1.807, 2.05) is 51.1 Å². The lowest BCUT2D eigenvalue weighted by Crippen LogP contribution is -2.30. The Bertz CT molecular complexity index is 642. The SMILES string of the molecule is C=C(C)/C(=C\C=C/C)c1ccc(=C(\C)N)/c(=C\N)c1. The van der Waals surface area contributed by atoms with Crippen LogP contribution in [-0.4, -0.2) is 0 Å². The van der Waals surface area contributed by atoms with Crippen LogP contribution in [0.25, 0.3) is 17.5 Å². The van der Waals surface area contributed by atoms with E-state index in [1.54, 1.807) is 6.20 Å². The molecule has 0 fully saturated rings. The second kappa shape index (κ2) is 6.64. The number of rotatable bonds is 3. The fourth-order valence-electron chi connectivity index (χ4n) is 1.90. The van der Waals surface area contributed by atoms with Crippen LogP contribution in [0.5, 0.6) is 0 Å². The molecule has 19 heavy (non-hydrogen) atoms. The van der Waals surface area contributed by atoms with Gasteiger partial charge in [-0.05, 0) is 43.2 Å². The Morgan fingerprint density at radius 3 is 2.42 bits per heavy atom. The lowest BCUT2D eigenvalue weighted by Gasteiger charge is -2.07. The van der Waals surface area contributed by atoms with Crippen molar-refractivity contribution in [3.63, 3.8) is 0 Å². The summed E-state index contributed by atoms with van der Waals surface area (Å²) in [6.45, 7) is 9.88. The van der Waals surface area contributed by atoms with Gasteiger partial charge in [-0.3, -0.25) is 0 Å². The highest BCUT2D eigenvalue weighted by Crippen LogP contribution is 2.19. The van der Waals surface area contributed by atoms with Crippen LogP contribution >= 0.6 is 0 Å². The van der Waals surface area contributed by atoms with Crippen molar-refractivity contribution in [2.24, 2.45) is 11.5 Å². The zero-order valence-corrected chi connectivity index (χ0v) is 11.9. The number of hydrogen-bond acceptors (Lipinski definition) is 2. The van der Waals surface area contributed by atoms with Gasteiger partial charge in [-0.1, -0.05) is 42.5 Å². The van der Waals surface area contributed by atoms with Crippen molar-refractivity contribution < 1.29 is 0 Å². The number of allylic oxidation sites excluding steroid dienone is 5. The predicted octanol–water partition coefficient (Wildman–Crippen LogP) is 2.01. The van der Waals surface area contributed by atoms with Crippen molar-refractivity contribution in [2.75, 3.05) is 0 Å². The second-order valence-electron chi connectivity index (χ2n) is 4.54. The van der Waals surface area contributed by atoms with Crippen molar-refractivity contribution in [2.45, 2.75) is 20.8 Å². The first kappa shape index (κ1) is 14.8. The summed E-state index contributed by atoms with van der Waals surface area (Å²) >= 11 is 0. The minimum atomic E-state index is 0.762. The maximum atomic E-state index is 5.85. The van der Waals surface area contributed by atoms with E-state index in [0.717, 1.165) is 32.8 Å². The van der Waals surface area contributed by atoms with Gasteiger partial charge in [0.05, 0.1) is 0 Å². The maximum absolute atomic E-state index is 5.85. The van der Waals surface area contributed by atoms with E-state index < -0.39 is 0 Å². The van der Waals surface area contributed by atoms with Crippen LogP contribution in [0.1, 0.15) is 26.3 Å². The van der Waals surface area contributed by atoms with Gasteiger partial charge in [0.1, 0.15) is 0 Å². The average molecular weight is 254 g/mol. The van der Waals surface area contributed by atoms with Crippen molar-refractivity contribution in [3.05, 3.63) is 64.6 Å². The summed E-state index contributed by atoms with van der Waals surface area (Å²) in [5.74, 6) is 0. The maximum Gasteiger partial charge on any atom is 0.0129 e. The molecule has 1 aromatic rings. The van der Waals surface area contributed by atoms with E-state index in [9.17, 15) is 0 Å². The third kappa shape index (κ3) is 3.62. The number of hydrogen-bond donors (Lipinski definition) is 2. The summed E-state index contributed by atoms with van der Waals surface area (Å²) in [4.78, 5) is 0. The van der Waals surface area contributed by atoms with Gasteiger partial charge in [0.25, 0.3) is 0 Å². The highest BCUT2D eigenvalue weighted by molar-refractivity contribution is 5.79. The van der Waals surface area contributed by atoms with Gasteiger partial charge in [-0.25, -0.2) is 0 Å². The minimum absolute atomic E-state index is 0.762. The zero-order chi connectivity index (χ0) is 14.4. The second-order valence-corrected chi connectivity index (χ2v) is 4.54. The lowest BCUT2D eigenvalue weighted by atomic mass is 9.98. The summed E-state index contributed by atoms with van der Waals surface area (Å²) in [7, 11) is 0. The van der Waals surface area contributed by atoms with Crippen LogP contribution in [0.2, 0.25) is 0 Å². The van der Waals surface area contributed by atoms with E-state index >= 15 is 0 Å². The molecule has 0 heterocycles. The Kier molecular flexibility index (Phi) is 5.19. The van der Waals surface area contributed by atoms with Gasteiger partial charge >= 0.3 is 0 Å². The quantitative estimate of drug-likeness (QED) is 0.811. The predicted molar refractivity (Wildman–Crippen MR) is 85.2 cm³/mol. The van der Waals surface area contributed by atoms with Crippen LogP contribution < -0.4 is 21.9 Å². The van der Waals surface area contributed by atoms with Crippen molar-refractivity contribution >= 4 is 17.5 Å². The van der Waals surface area contributed by atoms with E-state index in [0.29, 0.717) is 0 Å². The largest absolute Gasteiger partial charge is 0.404 e. The molecule has 0 radical (unpaired) electrons. The molecule has 0 amide bonds. The fourth-order valence-corrected chi connectivity index (χ4v) is 1.90. The molecular weight excluding hydrogens is 232 g/mol. The van der Waals surface area contributed by atoms with Crippen molar-refractivity contribution in [1.29, 1.82) is 0 Å². The molecular formula is C17H22N2. The Morgan fingerprint density at radius 2 is 1.95 bits per heavy atom. The van der Waals surface area contributed by atoms with E-state index in [2.05, 4.69) is 12.7 Å². The average Bonchev–Trinajstić information content (AvgIpc) is 2.38. The summed E-state index contributed by atoms with van der Waals surface area (Å²) in [6, 6.07) is 6.08. The summed E-state index contributed by atoms with van der Waals surface area (Å²) < 4.78 is 0. The molecule has 0 spiro atoms. The highest BCUT2D eigenvalue weighted by atomic mass is 14.5. The Balaban J connectivity index is 3.54. The lowest BCUT2D eigenvalue weighted by molar-refractivity contribution is 1.37. The normalized spacial score (nSPS) is 14.9. The van der Waals surface area contributed by atoms with E-state index in [4.69, 9.17) is 11.5 Å². The molecule has 4 N–H and O–H groups in total. The molecule has 0 saturated heterocycles. The number of benzene rings is 1. The molecule has 0 bridgehead atoms. The van der Waals surface area contributed by atoms with Crippen molar-refractivity contribution in [3.8, 4) is 0 Å². The molecule has 100 valence electrons. The van der Waals surface area contributed by atoms with Gasteiger partial charge in [0, 0.05) is 17.1 Å². The molecule has 0 atom stereocenters. The topological polar surface area (TPSA) is 52.0 Å². The molecule has 0 aliphatic rings. The monoisotopic (exact) mass is 254 g/mol. The standard InChI is InChI=1S/C17H22N2/c1-5-6-7-16(12(2)3)14-8-9-17(13(4)19)15(10-14)11-18/h5-11H,2,18-19H2,1,3-4H3/b6-5-,15-11-,16-7+,17-13-. The third-order valence-electron chi connectivity index (χ3n) is 2.88. The summed E-state index contributed by atoms with van der Waals surface area (Å²) in [5, 5.41) is 1.91. The number of nitrogens with two attached hydrogens (primary N) is 2. The Morgan fingerprint density at radius 1 is 1.26 bits per heavy atom. The van der Waals surface area contributed by atoms with Crippen LogP contribution in [0.4, 0.5) is 0 Å². The van der Waals surface area contributed by atoms with E-state index in [-0.39, 0.29) is 0 Å². The molecule has 1 rings (SSSR count). The molecule has 2 heteroatoms. The van der Waals surface area contributed by atoms with Gasteiger partial charge in [0.15, 0.2) is 0 Å². The molecule has 0 aliphatic carbocycles. The fraction of sp³-hybridized carbons (Fsp3) is 0.176. The van der Waals surface area contributed by atoms with Gasteiger partial charge in [0.2, 0.25) is 0 Å². The van der Waals surface area contributed by atoms with Crippen LogP contribution in [0.3, 0.4) is 0 Å². The first-order chi connectivity index (χ1) is 9.01. The van der Waals surface area contributed by atoms with Crippen LogP contribution in [0, 0.1) is 0 Å². The Hall–Kier alpha value is -2.22. The van der Waals surface area contributed by atoms with Gasteiger partial charge in [-0.2, -0.15) is 0 Å². The first-order valence-electron chi connectivity index (χ1n) is 6.28. The third-order valence-corrected chi connectivity index (χ3v) is 2.88. The summed E-state index contributed by atoms with van der Waals surface area (Å²) in [6.07, 6.45) is 7.63. The van der Waals surface area contributed by atoms with Gasteiger partial charge < -0.3 is 11.5 Å². The van der Waals surface area contributed by atoms with Crippen LogP contribution in [-0.2, 0) is 0 Å². The minimum Gasteiger partial charge on any atom is -0.404 e. The smallest absolute Gasteiger partial charge is 0.0129 e. The van der Waals surface area contributed by atoms with Gasteiger partial charge in [-0.15, -0.1) is 0 Å². The molecule has 1 aromatic carbocycles.